The second-order valence-corrected chi connectivity index (χ2v) is 3.79. The van der Waals surface area contributed by atoms with Gasteiger partial charge in [-0.25, -0.2) is 0 Å². The van der Waals surface area contributed by atoms with Gasteiger partial charge in [-0.1, -0.05) is 0 Å². The average Bonchev–Trinajstić information content (AvgIpc) is 2.26. The summed E-state index contributed by atoms with van der Waals surface area (Å²) < 4.78 is 5.92. The summed E-state index contributed by atoms with van der Waals surface area (Å²) in [5.74, 6) is -0.308. The quantitative estimate of drug-likeness (QED) is 0.421. The first kappa shape index (κ1) is 11.3. The zero-order valence-corrected chi connectivity index (χ0v) is 9.99. The SMILES string of the molecule is [C-]#[N+]c1ccc(C(=O)OC[CH2][Na])cc1. The Labute approximate surface area is 100 Å². The summed E-state index contributed by atoms with van der Waals surface area (Å²) in [6.07, 6.45) is 0. The van der Waals surface area contributed by atoms with Gasteiger partial charge in [0.2, 0.25) is 0 Å². The van der Waals surface area contributed by atoms with Crippen molar-refractivity contribution in [2.24, 2.45) is 0 Å². The fourth-order valence-electron chi connectivity index (χ4n) is 0.950. The van der Waals surface area contributed by atoms with E-state index in [2.05, 4.69) is 4.85 Å². The van der Waals surface area contributed by atoms with Crippen molar-refractivity contribution in [1.29, 1.82) is 0 Å². The third kappa shape index (κ3) is 3.15. The molecule has 0 saturated carbocycles. The van der Waals surface area contributed by atoms with Gasteiger partial charge in [0.25, 0.3) is 0 Å². The van der Waals surface area contributed by atoms with E-state index in [4.69, 9.17) is 11.3 Å². The maximum absolute atomic E-state index is 11.3. The number of carbonyl (C=O) groups is 1. The number of hydrogen-bond donors (Lipinski definition) is 0. The Morgan fingerprint density at radius 2 is 2.07 bits per heavy atom. The van der Waals surface area contributed by atoms with Crippen LogP contribution in [0.2, 0.25) is 3.67 Å². The first-order valence-electron chi connectivity index (χ1n) is 4.42. The van der Waals surface area contributed by atoms with E-state index in [1.165, 1.54) is 0 Å². The zero-order chi connectivity index (χ0) is 10.4. The van der Waals surface area contributed by atoms with Crippen molar-refractivity contribution in [2.45, 2.75) is 3.67 Å². The van der Waals surface area contributed by atoms with Crippen LogP contribution in [0.25, 0.3) is 4.85 Å². The number of ether oxygens (including phenoxy) is 1. The van der Waals surface area contributed by atoms with Crippen molar-refractivity contribution < 1.29 is 9.53 Å². The predicted octanol–water partition coefficient (Wildman–Crippen LogP) is 1.98. The van der Waals surface area contributed by atoms with Gasteiger partial charge in [-0.05, 0) is 0 Å². The van der Waals surface area contributed by atoms with Gasteiger partial charge in [0, 0.05) is 0 Å². The van der Waals surface area contributed by atoms with Crippen LogP contribution in [0.3, 0.4) is 0 Å². The van der Waals surface area contributed by atoms with Crippen molar-refractivity contribution in [1.82, 2.24) is 0 Å². The van der Waals surface area contributed by atoms with Crippen LogP contribution in [0.1, 0.15) is 10.4 Å². The van der Waals surface area contributed by atoms with E-state index in [1.807, 2.05) is 0 Å². The summed E-state index contributed by atoms with van der Waals surface area (Å²) in [5, 5.41) is 0. The van der Waals surface area contributed by atoms with E-state index >= 15 is 0 Å². The van der Waals surface area contributed by atoms with E-state index in [9.17, 15) is 4.79 Å². The van der Waals surface area contributed by atoms with E-state index in [1.54, 1.807) is 24.3 Å². The Bertz CT molecular complexity index is 353. The third-order valence-corrected chi connectivity index (χ3v) is 2.08. The Morgan fingerprint density at radius 3 is 2.57 bits per heavy atom. The molecule has 0 aromatic heterocycles. The average molecular weight is 197 g/mol. The van der Waals surface area contributed by atoms with Gasteiger partial charge < -0.3 is 0 Å². The number of nitrogens with zero attached hydrogens (tertiary/aromatic N) is 1. The fraction of sp³-hybridized carbons (Fsp3) is 0.200. The number of hydrogen-bond acceptors (Lipinski definition) is 2. The van der Waals surface area contributed by atoms with Gasteiger partial charge in [0.15, 0.2) is 0 Å². The minimum absolute atomic E-state index is 0.308. The Kier molecular flexibility index (Phi) is 4.68. The summed E-state index contributed by atoms with van der Waals surface area (Å²) in [7, 11) is 0. The second kappa shape index (κ2) is 5.82. The van der Waals surface area contributed by atoms with Crippen molar-refractivity contribution in [2.75, 3.05) is 6.61 Å². The molecule has 0 fully saturated rings. The standard InChI is InChI=1S/C10H8NO2.Na/c1-3-13-10(12)8-4-6-9(11-2)7-5-8;/h4-7H,1,3H2;. The molecule has 0 N–H and O–H groups in total. The molecule has 0 unspecified atom stereocenters. The summed E-state index contributed by atoms with van der Waals surface area (Å²) in [6.45, 7) is 7.24. The van der Waals surface area contributed by atoms with Gasteiger partial charge in [-0.3, -0.25) is 0 Å². The first-order chi connectivity index (χ1) is 6.77. The molecular weight excluding hydrogens is 189 g/mol. The molecule has 0 bridgehead atoms. The van der Waals surface area contributed by atoms with Crippen molar-refractivity contribution >= 4 is 39.6 Å². The van der Waals surface area contributed by atoms with Crippen molar-refractivity contribution in [3.05, 3.63) is 41.2 Å². The predicted molar refractivity (Wildman–Crippen MR) is 53.5 cm³/mol. The van der Waals surface area contributed by atoms with Crippen LogP contribution in [0.15, 0.2) is 24.3 Å². The normalized spacial score (nSPS) is 9.21. The van der Waals surface area contributed by atoms with Crippen molar-refractivity contribution in [3.8, 4) is 0 Å². The third-order valence-electron chi connectivity index (χ3n) is 1.67. The number of benzene rings is 1. The molecule has 0 aliphatic rings. The Hall–Kier alpha value is -0.820. The zero-order valence-electron chi connectivity index (χ0n) is 7.99. The first-order valence-corrected chi connectivity index (χ1v) is 5.84. The molecule has 66 valence electrons. The molecular formula is C10H8NNaO2. The van der Waals surface area contributed by atoms with Gasteiger partial charge in [0.1, 0.15) is 0 Å². The molecule has 1 aromatic rings. The molecule has 0 amide bonds. The van der Waals surface area contributed by atoms with Gasteiger partial charge >= 0.3 is 101 Å². The molecule has 3 nitrogen and oxygen atoms in total. The molecule has 14 heavy (non-hydrogen) atoms. The summed E-state index contributed by atoms with van der Waals surface area (Å²) in [4.78, 5) is 14.6. The molecule has 0 heterocycles. The van der Waals surface area contributed by atoms with E-state index < -0.39 is 0 Å². The number of rotatable bonds is 3. The van der Waals surface area contributed by atoms with E-state index in [-0.39, 0.29) is 5.97 Å². The Morgan fingerprint density at radius 1 is 1.43 bits per heavy atom. The molecule has 0 aliphatic heterocycles. The molecule has 0 spiro atoms. The minimum atomic E-state index is -0.308. The van der Waals surface area contributed by atoms with Crippen LogP contribution in [-0.2, 0) is 4.74 Å². The van der Waals surface area contributed by atoms with E-state index in [0.717, 1.165) is 31.6 Å². The summed E-state index contributed by atoms with van der Waals surface area (Å²) in [6, 6.07) is 6.46. The van der Waals surface area contributed by atoms with Crippen LogP contribution in [0.5, 0.6) is 0 Å². The molecule has 4 heteroatoms. The van der Waals surface area contributed by atoms with Gasteiger partial charge in [0.05, 0.1) is 0 Å². The van der Waals surface area contributed by atoms with Crippen LogP contribution in [0.4, 0.5) is 5.69 Å². The van der Waals surface area contributed by atoms with Crippen LogP contribution >= 0.6 is 0 Å². The number of esters is 1. The Balaban J connectivity index is 2.68. The van der Waals surface area contributed by atoms with Gasteiger partial charge in [-0.2, -0.15) is 0 Å². The maximum atomic E-state index is 11.3. The molecule has 0 saturated heterocycles. The second-order valence-electron chi connectivity index (χ2n) is 2.79. The fourth-order valence-corrected chi connectivity index (χ4v) is 1.15. The molecule has 1 rings (SSSR count). The molecule has 0 aliphatic carbocycles. The monoisotopic (exact) mass is 197 g/mol. The number of carbonyl (C=O) groups excluding carboxylic acids is 1. The molecule has 0 atom stereocenters. The summed E-state index contributed by atoms with van der Waals surface area (Å²) in [5.41, 5.74) is 1.04. The van der Waals surface area contributed by atoms with E-state index in [0.29, 0.717) is 17.9 Å². The molecule has 0 radical (unpaired) electrons. The van der Waals surface area contributed by atoms with Gasteiger partial charge in [-0.15, -0.1) is 0 Å². The topological polar surface area (TPSA) is 30.7 Å². The van der Waals surface area contributed by atoms with Crippen LogP contribution in [-0.4, -0.2) is 40.5 Å². The summed E-state index contributed by atoms with van der Waals surface area (Å²) >= 11 is 1.04. The van der Waals surface area contributed by atoms with Crippen LogP contribution < -0.4 is 0 Å². The van der Waals surface area contributed by atoms with Crippen molar-refractivity contribution in [3.63, 3.8) is 0 Å². The molecule has 1 aromatic carbocycles. The van der Waals surface area contributed by atoms with Crippen LogP contribution in [0, 0.1) is 6.57 Å².